The number of carbonyl (C=O) groups excluding carboxylic acids is 1. The van der Waals surface area contributed by atoms with E-state index in [4.69, 9.17) is 16.6 Å². The van der Waals surface area contributed by atoms with Crippen molar-refractivity contribution in [3.05, 3.63) is 60.7 Å². The zero-order valence-corrected chi connectivity index (χ0v) is 24.6. The molecule has 4 aliphatic rings. The standard InChI is InChI=1S/C29H34Br2ClN3O/c30-22-14-21-2-1-20-15-23(32)16-25(31)27(20)28(29(21)33-17-22)19-7-11-35(12-8-19)26(36)13-18-5-9-34(10-6-18)24-3-4-24/h14-19,24,28H,1-13H2. The predicted octanol–water partition coefficient (Wildman–Crippen LogP) is 6.99. The minimum absolute atomic E-state index is 0.223. The molecule has 0 spiro atoms. The van der Waals surface area contributed by atoms with Gasteiger partial charge in [0.05, 0.1) is 5.69 Å². The Morgan fingerprint density at radius 2 is 1.67 bits per heavy atom. The van der Waals surface area contributed by atoms with E-state index >= 15 is 0 Å². The summed E-state index contributed by atoms with van der Waals surface area (Å²) in [6, 6.07) is 7.27. The molecule has 2 aliphatic carbocycles. The molecule has 2 saturated heterocycles. The number of piperidine rings is 2. The summed E-state index contributed by atoms with van der Waals surface area (Å²) in [6.45, 7) is 4.08. The van der Waals surface area contributed by atoms with Crippen LogP contribution in [0.4, 0.5) is 0 Å². The third-order valence-electron chi connectivity index (χ3n) is 8.96. The summed E-state index contributed by atoms with van der Waals surface area (Å²) >= 11 is 14.0. The molecule has 36 heavy (non-hydrogen) atoms. The highest BCUT2D eigenvalue weighted by molar-refractivity contribution is 9.10. The summed E-state index contributed by atoms with van der Waals surface area (Å²) in [5.74, 6) is 1.61. The molecule has 3 heterocycles. The van der Waals surface area contributed by atoms with Crippen LogP contribution >= 0.6 is 43.5 Å². The Labute approximate surface area is 236 Å². The molecular weight excluding hydrogens is 602 g/mol. The highest BCUT2D eigenvalue weighted by Crippen LogP contribution is 2.46. The molecule has 192 valence electrons. The topological polar surface area (TPSA) is 36.4 Å². The summed E-state index contributed by atoms with van der Waals surface area (Å²) in [7, 11) is 0. The van der Waals surface area contributed by atoms with Gasteiger partial charge >= 0.3 is 0 Å². The van der Waals surface area contributed by atoms with E-state index in [0.717, 1.165) is 65.2 Å². The molecule has 1 atom stereocenters. The molecule has 1 unspecified atom stereocenters. The van der Waals surface area contributed by atoms with E-state index in [-0.39, 0.29) is 5.92 Å². The van der Waals surface area contributed by atoms with Crippen LogP contribution in [0, 0.1) is 11.8 Å². The zero-order chi connectivity index (χ0) is 24.8. The van der Waals surface area contributed by atoms with E-state index in [1.165, 1.54) is 61.2 Å². The first-order chi connectivity index (χ1) is 17.5. The third kappa shape index (κ3) is 5.30. The first kappa shape index (κ1) is 25.3. The van der Waals surface area contributed by atoms with Crippen LogP contribution in [-0.2, 0) is 17.6 Å². The van der Waals surface area contributed by atoms with Crippen molar-refractivity contribution in [1.29, 1.82) is 0 Å². The number of aromatic nitrogens is 1. The number of pyridine rings is 1. The van der Waals surface area contributed by atoms with E-state index in [9.17, 15) is 4.79 Å². The van der Waals surface area contributed by atoms with Gasteiger partial charge in [0, 0.05) is 51.6 Å². The maximum absolute atomic E-state index is 13.2. The molecule has 4 nitrogen and oxygen atoms in total. The van der Waals surface area contributed by atoms with Crippen molar-refractivity contribution in [1.82, 2.24) is 14.8 Å². The van der Waals surface area contributed by atoms with Crippen LogP contribution in [0.2, 0.25) is 5.02 Å². The van der Waals surface area contributed by atoms with Crippen molar-refractivity contribution < 1.29 is 4.79 Å². The Balaban J connectivity index is 1.16. The summed E-state index contributed by atoms with van der Waals surface area (Å²) in [5.41, 5.74) is 5.20. The molecule has 1 aromatic heterocycles. The van der Waals surface area contributed by atoms with Crippen LogP contribution < -0.4 is 0 Å². The molecule has 0 bridgehead atoms. The van der Waals surface area contributed by atoms with Gasteiger partial charge in [-0.05, 0) is 127 Å². The van der Waals surface area contributed by atoms with E-state index in [0.29, 0.717) is 17.7 Å². The summed E-state index contributed by atoms with van der Waals surface area (Å²) in [4.78, 5) is 23.0. The predicted molar refractivity (Wildman–Crippen MR) is 152 cm³/mol. The van der Waals surface area contributed by atoms with Gasteiger partial charge < -0.3 is 9.80 Å². The number of halogens is 3. The van der Waals surface area contributed by atoms with Crippen LogP contribution in [-0.4, -0.2) is 52.9 Å². The summed E-state index contributed by atoms with van der Waals surface area (Å²) in [6.07, 6.45) is 11.8. The van der Waals surface area contributed by atoms with Gasteiger partial charge in [-0.1, -0.05) is 27.5 Å². The second-order valence-corrected chi connectivity index (χ2v) is 13.5. The van der Waals surface area contributed by atoms with Crippen LogP contribution in [0.15, 0.2) is 33.3 Å². The second kappa shape index (κ2) is 10.7. The number of hydrogen-bond donors (Lipinski definition) is 0. The smallest absolute Gasteiger partial charge is 0.222 e. The Bertz CT molecular complexity index is 1140. The summed E-state index contributed by atoms with van der Waals surface area (Å²) in [5, 5.41) is 0.780. The van der Waals surface area contributed by atoms with Crippen molar-refractivity contribution in [2.75, 3.05) is 26.2 Å². The quantitative estimate of drug-likeness (QED) is 0.363. The van der Waals surface area contributed by atoms with E-state index in [2.05, 4.69) is 53.8 Å². The fraction of sp³-hybridized carbons (Fsp3) is 0.586. The highest BCUT2D eigenvalue weighted by Gasteiger charge is 2.37. The molecule has 2 aromatic rings. The van der Waals surface area contributed by atoms with Gasteiger partial charge in [-0.2, -0.15) is 0 Å². The normalized spacial score (nSPS) is 23.8. The number of likely N-dealkylation sites (tertiary alicyclic amines) is 2. The van der Waals surface area contributed by atoms with Crippen molar-refractivity contribution in [2.24, 2.45) is 11.8 Å². The van der Waals surface area contributed by atoms with Crippen molar-refractivity contribution in [3.63, 3.8) is 0 Å². The Kier molecular flexibility index (Phi) is 7.51. The monoisotopic (exact) mass is 633 g/mol. The zero-order valence-electron chi connectivity index (χ0n) is 20.7. The number of benzene rings is 1. The molecule has 1 aromatic carbocycles. The lowest BCUT2D eigenvalue weighted by atomic mass is 9.76. The number of carbonyl (C=O) groups is 1. The molecule has 6 rings (SSSR count). The first-order valence-electron chi connectivity index (χ1n) is 13.6. The molecule has 1 saturated carbocycles. The first-order valence-corrected chi connectivity index (χ1v) is 15.6. The largest absolute Gasteiger partial charge is 0.343 e. The van der Waals surface area contributed by atoms with E-state index in [1.807, 2.05) is 12.3 Å². The molecule has 2 aliphatic heterocycles. The second-order valence-electron chi connectivity index (χ2n) is 11.3. The van der Waals surface area contributed by atoms with Crippen LogP contribution in [0.25, 0.3) is 0 Å². The van der Waals surface area contributed by atoms with Crippen molar-refractivity contribution in [3.8, 4) is 0 Å². The molecule has 0 N–H and O–H groups in total. The lowest BCUT2D eigenvalue weighted by Gasteiger charge is -2.38. The fourth-order valence-corrected chi connectivity index (χ4v) is 8.35. The number of nitrogens with zero attached hydrogens (tertiary/aromatic N) is 3. The van der Waals surface area contributed by atoms with Gasteiger partial charge in [-0.15, -0.1) is 0 Å². The minimum atomic E-state index is 0.223. The van der Waals surface area contributed by atoms with Gasteiger partial charge in [0.25, 0.3) is 0 Å². The van der Waals surface area contributed by atoms with E-state index < -0.39 is 0 Å². The number of aryl methyl sites for hydroxylation is 2. The van der Waals surface area contributed by atoms with E-state index in [1.54, 1.807) is 0 Å². The van der Waals surface area contributed by atoms with Gasteiger partial charge in [-0.3, -0.25) is 9.78 Å². The van der Waals surface area contributed by atoms with Gasteiger partial charge in [-0.25, -0.2) is 0 Å². The molecular formula is C29H34Br2ClN3O. The maximum Gasteiger partial charge on any atom is 0.222 e. The highest BCUT2D eigenvalue weighted by atomic mass is 79.9. The van der Waals surface area contributed by atoms with Crippen molar-refractivity contribution >= 4 is 49.4 Å². The van der Waals surface area contributed by atoms with Crippen LogP contribution in [0.1, 0.15) is 73.2 Å². The fourth-order valence-electron chi connectivity index (χ4n) is 6.85. The van der Waals surface area contributed by atoms with Crippen molar-refractivity contribution in [2.45, 2.75) is 69.7 Å². The lowest BCUT2D eigenvalue weighted by molar-refractivity contribution is -0.134. The van der Waals surface area contributed by atoms with Gasteiger partial charge in [0.1, 0.15) is 0 Å². The Hall–Kier alpha value is -0.950. The minimum Gasteiger partial charge on any atom is -0.343 e. The molecule has 1 amide bonds. The summed E-state index contributed by atoms with van der Waals surface area (Å²) < 4.78 is 2.12. The number of rotatable bonds is 4. The van der Waals surface area contributed by atoms with Gasteiger partial charge in [0.2, 0.25) is 5.91 Å². The number of hydrogen-bond acceptors (Lipinski definition) is 3. The average Bonchev–Trinajstić information content (AvgIpc) is 3.72. The van der Waals surface area contributed by atoms with Crippen LogP contribution in [0.5, 0.6) is 0 Å². The van der Waals surface area contributed by atoms with Gasteiger partial charge in [0.15, 0.2) is 0 Å². The maximum atomic E-state index is 13.2. The molecule has 0 radical (unpaired) electrons. The SMILES string of the molecule is O=C(CC1CCN(C2CC2)CC1)N1CCC(C2c3ncc(Br)cc3CCc3cc(Cl)cc(Br)c32)CC1. The molecule has 7 heteroatoms. The Morgan fingerprint density at radius 3 is 2.39 bits per heavy atom. The lowest BCUT2D eigenvalue weighted by Crippen LogP contribution is -2.42. The Morgan fingerprint density at radius 1 is 0.944 bits per heavy atom. The average molecular weight is 636 g/mol. The molecule has 3 fully saturated rings. The van der Waals surface area contributed by atoms with Crippen LogP contribution in [0.3, 0.4) is 0 Å². The number of amides is 1. The third-order valence-corrected chi connectivity index (χ3v) is 10.3. The number of fused-ring (bicyclic) bond motifs is 2.